The van der Waals surface area contributed by atoms with Gasteiger partial charge in [-0.05, 0) is 38.3 Å². The lowest BCUT2D eigenvalue weighted by molar-refractivity contribution is 0.0869. The summed E-state index contributed by atoms with van der Waals surface area (Å²) < 4.78 is 7.13. The van der Waals surface area contributed by atoms with Crippen LogP contribution in [0.5, 0.6) is 0 Å². The molecular weight excluding hydrogens is 282 g/mol. The molecule has 2 unspecified atom stereocenters. The van der Waals surface area contributed by atoms with E-state index >= 15 is 0 Å². The Bertz CT molecular complexity index is 607. The Morgan fingerprint density at radius 3 is 3.00 bits per heavy atom. The number of aliphatic hydroxyl groups excluding tert-OH is 1. The molecule has 3 heterocycles. The van der Waals surface area contributed by atoms with Crippen molar-refractivity contribution >= 4 is 0 Å². The van der Waals surface area contributed by atoms with E-state index < -0.39 is 6.10 Å². The predicted molar refractivity (Wildman–Crippen MR) is 78.1 cm³/mol. The first-order valence-corrected chi connectivity index (χ1v) is 8.02. The van der Waals surface area contributed by atoms with E-state index in [1.54, 1.807) is 10.9 Å². The van der Waals surface area contributed by atoms with Crippen molar-refractivity contribution < 1.29 is 9.63 Å². The smallest absolute Gasteiger partial charge is 0.229 e. The molecule has 7 heteroatoms. The van der Waals surface area contributed by atoms with Gasteiger partial charge < -0.3 is 9.63 Å². The number of hydrogen-bond acceptors (Lipinski definition) is 6. The van der Waals surface area contributed by atoms with Gasteiger partial charge in [0.1, 0.15) is 0 Å². The average molecular weight is 303 g/mol. The zero-order valence-electron chi connectivity index (χ0n) is 12.5. The second-order valence-corrected chi connectivity index (χ2v) is 6.30. The van der Waals surface area contributed by atoms with E-state index in [0.29, 0.717) is 19.0 Å². The largest absolute Gasteiger partial charge is 0.390 e. The van der Waals surface area contributed by atoms with Crippen molar-refractivity contribution in [3.63, 3.8) is 0 Å². The highest BCUT2D eigenvalue weighted by Gasteiger charge is 2.34. The Kier molecular flexibility index (Phi) is 3.67. The maximum atomic E-state index is 10.3. The Morgan fingerprint density at radius 2 is 2.23 bits per heavy atom. The summed E-state index contributed by atoms with van der Waals surface area (Å²) in [7, 11) is 0. The van der Waals surface area contributed by atoms with E-state index in [0.717, 1.165) is 31.1 Å². The SMILES string of the molecule is OC(CN1CCCC1c1noc(C2CC2)n1)Cn1cccn1. The highest BCUT2D eigenvalue weighted by Crippen LogP contribution is 2.40. The molecule has 1 saturated heterocycles. The van der Waals surface area contributed by atoms with Crippen LogP contribution in [0.25, 0.3) is 0 Å². The van der Waals surface area contributed by atoms with Gasteiger partial charge in [0.15, 0.2) is 5.82 Å². The number of β-amino-alcohol motifs (C(OH)–C–C–N with tert-alkyl or cyclic N) is 1. The Morgan fingerprint density at radius 1 is 1.32 bits per heavy atom. The number of aromatic nitrogens is 4. The lowest BCUT2D eigenvalue weighted by Gasteiger charge is -2.24. The van der Waals surface area contributed by atoms with Crippen LogP contribution in [0, 0.1) is 0 Å². The van der Waals surface area contributed by atoms with Gasteiger partial charge in [0.05, 0.1) is 18.7 Å². The van der Waals surface area contributed by atoms with Crippen LogP contribution in [0.4, 0.5) is 0 Å². The number of nitrogens with zero attached hydrogens (tertiary/aromatic N) is 5. The second-order valence-electron chi connectivity index (χ2n) is 6.30. The zero-order chi connectivity index (χ0) is 14.9. The fourth-order valence-corrected chi connectivity index (χ4v) is 3.17. The standard InChI is InChI=1S/C15H21N5O2/c21-12(10-20-8-2-6-16-20)9-19-7-1-3-13(19)14-17-15(22-18-14)11-4-5-11/h2,6,8,11-13,21H,1,3-5,7,9-10H2. The first-order valence-electron chi connectivity index (χ1n) is 8.02. The summed E-state index contributed by atoms with van der Waals surface area (Å²) in [6, 6.07) is 2.04. The van der Waals surface area contributed by atoms with Crippen LogP contribution in [0.15, 0.2) is 23.0 Å². The van der Waals surface area contributed by atoms with Crippen molar-refractivity contribution in [2.24, 2.45) is 0 Å². The molecular formula is C15H21N5O2. The fourth-order valence-electron chi connectivity index (χ4n) is 3.17. The number of rotatable bonds is 6. The molecule has 22 heavy (non-hydrogen) atoms. The van der Waals surface area contributed by atoms with Gasteiger partial charge in [-0.15, -0.1) is 0 Å². The first kappa shape index (κ1) is 13.9. The van der Waals surface area contributed by atoms with E-state index in [4.69, 9.17) is 4.52 Å². The zero-order valence-corrected chi connectivity index (χ0v) is 12.5. The van der Waals surface area contributed by atoms with Crippen LogP contribution in [0.1, 0.15) is 49.4 Å². The molecule has 1 N–H and O–H groups in total. The summed E-state index contributed by atoms with van der Waals surface area (Å²) >= 11 is 0. The van der Waals surface area contributed by atoms with Crippen LogP contribution in [0.2, 0.25) is 0 Å². The normalized spacial score (nSPS) is 24.0. The number of likely N-dealkylation sites (tertiary alicyclic amines) is 1. The molecule has 0 amide bonds. The Balaban J connectivity index is 1.39. The number of aliphatic hydroxyl groups is 1. The highest BCUT2D eigenvalue weighted by atomic mass is 16.5. The molecule has 1 saturated carbocycles. The van der Waals surface area contributed by atoms with Gasteiger partial charge in [0.2, 0.25) is 5.89 Å². The third kappa shape index (κ3) is 2.91. The Hall–Kier alpha value is -1.73. The molecule has 2 atom stereocenters. The minimum atomic E-state index is -0.449. The van der Waals surface area contributed by atoms with E-state index in [1.165, 1.54) is 12.8 Å². The molecule has 0 spiro atoms. The Labute approximate surface area is 128 Å². The molecule has 2 fully saturated rings. The summed E-state index contributed by atoms with van der Waals surface area (Å²) in [6.45, 7) is 2.09. The van der Waals surface area contributed by atoms with Crippen LogP contribution >= 0.6 is 0 Å². The second kappa shape index (κ2) is 5.81. The van der Waals surface area contributed by atoms with Crippen molar-refractivity contribution in [2.45, 2.75) is 50.3 Å². The van der Waals surface area contributed by atoms with E-state index in [-0.39, 0.29) is 6.04 Å². The lowest BCUT2D eigenvalue weighted by Crippen LogP contribution is -2.35. The van der Waals surface area contributed by atoms with Crippen molar-refractivity contribution in [3.05, 3.63) is 30.2 Å². The lowest BCUT2D eigenvalue weighted by atomic mass is 10.2. The summed E-state index contributed by atoms with van der Waals surface area (Å²) in [5.41, 5.74) is 0. The molecule has 0 radical (unpaired) electrons. The topological polar surface area (TPSA) is 80.2 Å². The van der Waals surface area contributed by atoms with Crippen molar-refractivity contribution in [1.82, 2.24) is 24.8 Å². The van der Waals surface area contributed by atoms with E-state index in [9.17, 15) is 5.11 Å². The van der Waals surface area contributed by atoms with Crippen LogP contribution < -0.4 is 0 Å². The maximum Gasteiger partial charge on any atom is 0.229 e. The molecule has 2 aromatic rings. The van der Waals surface area contributed by atoms with Gasteiger partial charge >= 0.3 is 0 Å². The van der Waals surface area contributed by atoms with Gasteiger partial charge in [0, 0.05) is 24.9 Å². The summed E-state index contributed by atoms with van der Waals surface area (Å²) in [5, 5.41) is 18.6. The van der Waals surface area contributed by atoms with Gasteiger partial charge in [-0.1, -0.05) is 5.16 Å². The third-order valence-electron chi connectivity index (χ3n) is 4.45. The van der Waals surface area contributed by atoms with Crippen molar-refractivity contribution in [3.8, 4) is 0 Å². The monoisotopic (exact) mass is 303 g/mol. The number of hydrogen-bond donors (Lipinski definition) is 1. The highest BCUT2D eigenvalue weighted by molar-refractivity contribution is 5.05. The van der Waals surface area contributed by atoms with Gasteiger partial charge in [0.25, 0.3) is 0 Å². The van der Waals surface area contributed by atoms with Crippen molar-refractivity contribution in [1.29, 1.82) is 0 Å². The minimum Gasteiger partial charge on any atom is -0.390 e. The maximum absolute atomic E-state index is 10.3. The van der Waals surface area contributed by atoms with E-state index in [2.05, 4.69) is 20.1 Å². The van der Waals surface area contributed by atoms with Gasteiger partial charge in [-0.25, -0.2) is 0 Å². The first-order chi connectivity index (χ1) is 10.8. The van der Waals surface area contributed by atoms with Crippen molar-refractivity contribution in [2.75, 3.05) is 13.1 Å². The quantitative estimate of drug-likeness (QED) is 0.867. The molecule has 0 aromatic carbocycles. The molecule has 2 aliphatic rings. The summed E-state index contributed by atoms with van der Waals surface area (Å²) in [4.78, 5) is 6.83. The predicted octanol–water partition coefficient (Wildman–Crippen LogP) is 1.34. The van der Waals surface area contributed by atoms with Crippen LogP contribution in [-0.2, 0) is 6.54 Å². The third-order valence-corrected chi connectivity index (χ3v) is 4.45. The van der Waals surface area contributed by atoms with Crippen LogP contribution in [0.3, 0.4) is 0 Å². The van der Waals surface area contributed by atoms with Gasteiger partial charge in [-0.3, -0.25) is 9.58 Å². The molecule has 7 nitrogen and oxygen atoms in total. The summed E-state index contributed by atoms with van der Waals surface area (Å²) in [6.07, 6.45) is 7.60. The van der Waals surface area contributed by atoms with Crippen LogP contribution in [-0.4, -0.2) is 49.1 Å². The molecule has 1 aliphatic carbocycles. The molecule has 118 valence electrons. The summed E-state index contributed by atoms with van der Waals surface area (Å²) in [5.74, 6) is 2.06. The van der Waals surface area contributed by atoms with E-state index in [1.807, 2.05) is 12.3 Å². The van der Waals surface area contributed by atoms with Gasteiger partial charge in [-0.2, -0.15) is 10.1 Å². The molecule has 4 rings (SSSR count). The minimum absolute atomic E-state index is 0.170. The fraction of sp³-hybridized carbons (Fsp3) is 0.667. The molecule has 2 aromatic heterocycles. The molecule has 1 aliphatic heterocycles. The molecule has 0 bridgehead atoms. The average Bonchev–Trinajstić information content (AvgIpc) is 2.95.